The second kappa shape index (κ2) is 9.83. The minimum Gasteiger partial charge on any atom is -0.374 e. The molecule has 1 aliphatic rings. The molecule has 192 valence electrons. The zero-order chi connectivity index (χ0) is 26.3. The van der Waals surface area contributed by atoms with E-state index < -0.39 is 5.60 Å². The molecule has 0 saturated carbocycles. The SMILES string of the molecule is CN1CCN(c2nc3ccc(C(O)(c4ccncc4)c4cncn4C)cc3c(Cl)c2-c2ccccc2)CC1. The summed E-state index contributed by atoms with van der Waals surface area (Å²) in [5.41, 5.74) is 3.26. The summed E-state index contributed by atoms with van der Waals surface area (Å²) < 4.78 is 1.83. The summed E-state index contributed by atoms with van der Waals surface area (Å²) >= 11 is 7.27. The van der Waals surface area contributed by atoms with Crippen molar-refractivity contribution in [2.24, 2.45) is 7.05 Å². The van der Waals surface area contributed by atoms with Gasteiger partial charge in [-0.15, -0.1) is 0 Å². The lowest BCUT2D eigenvalue weighted by molar-refractivity contribution is 0.117. The predicted octanol–water partition coefficient (Wildman–Crippen LogP) is 4.72. The first-order valence-corrected chi connectivity index (χ1v) is 13.1. The van der Waals surface area contributed by atoms with Crippen LogP contribution in [0.4, 0.5) is 5.82 Å². The molecule has 6 rings (SSSR count). The first kappa shape index (κ1) is 24.6. The molecule has 5 aromatic rings. The van der Waals surface area contributed by atoms with Gasteiger partial charge in [0, 0.05) is 56.6 Å². The van der Waals surface area contributed by atoms with E-state index in [1.807, 2.05) is 60.1 Å². The highest BCUT2D eigenvalue weighted by Crippen LogP contribution is 2.43. The highest BCUT2D eigenvalue weighted by Gasteiger charge is 2.37. The summed E-state index contributed by atoms with van der Waals surface area (Å²) in [5, 5.41) is 13.8. The Kier molecular flexibility index (Phi) is 6.35. The van der Waals surface area contributed by atoms with Crippen LogP contribution in [0.25, 0.3) is 22.0 Å². The number of nitrogens with zero attached hydrogens (tertiary/aromatic N) is 6. The van der Waals surface area contributed by atoms with Crippen molar-refractivity contribution in [1.82, 2.24) is 24.4 Å². The fraction of sp³-hybridized carbons (Fsp3) is 0.233. The Hall–Kier alpha value is -3.78. The monoisotopic (exact) mass is 524 g/mol. The molecule has 1 saturated heterocycles. The van der Waals surface area contributed by atoms with Crippen LogP contribution in [0.15, 0.2) is 85.6 Å². The van der Waals surface area contributed by atoms with Gasteiger partial charge in [-0.3, -0.25) is 4.98 Å². The van der Waals surface area contributed by atoms with Gasteiger partial charge in [-0.05, 0) is 48.0 Å². The summed E-state index contributed by atoms with van der Waals surface area (Å²) in [6.07, 6.45) is 6.74. The number of anilines is 1. The molecule has 1 N–H and O–H groups in total. The van der Waals surface area contributed by atoms with Crippen LogP contribution in [0.3, 0.4) is 0 Å². The Bertz CT molecular complexity index is 1580. The maximum absolute atomic E-state index is 12.4. The van der Waals surface area contributed by atoms with Gasteiger partial charge >= 0.3 is 0 Å². The van der Waals surface area contributed by atoms with Crippen LogP contribution in [-0.4, -0.2) is 62.8 Å². The Morgan fingerprint density at radius 2 is 1.61 bits per heavy atom. The molecule has 1 aliphatic heterocycles. The standard InChI is InChI=1S/C30H29ClN6O/c1-35-14-16-37(17-15-35)29-27(21-6-4-3-5-7-21)28(31)24-18-23(8-9-25(24)34-29)30(38,22-10-12-32-13-11-22)26-19-33-20-36(26)2/h3-13,18-20,38H,14-17H2,1-2H3. The zero-order valence-corrected chi connectivity index (χ0v) is 22.2. The third kappa shape index (κ3) is 4.13. The number of hydrogen-bond acceptors (Lipinski definition) is 6. The van der Waals surface area contributed by atoms with Gasteiger partial charge in [0.2, 0.25) is 0 Å². The number of hydrogen-bond donors (Lipinski definition) is 1. The van der Waals surface area contributed by atoms with E-state index in [0.717, 1.165) is 54.0 Å². The molecule has 0 bridgehead atoms. The highest BCUT2D eigenvalue weighted by atomic mass is 35.5. The second-order valence-electron chi connectivity index (χ2n) is 9.85. The largest absolute Gasteiger partial charge is 0.374 e. The zero-order valence-electron chi connectivity index (χ0n) is 21.4. The number of rotatable bonds is 5. The van der Waals surface area contributed by atoms with Gasteiger partial charge in [0.15, 0.2) is 5.60 Å². The molecule has 1 atom stereocenters. The molecular formula is C30H29ClN6O. The fourth-order valence-electron chi connectivity index (χ4n) is 5.31. The average molecular weight is 525 g/mol. The van der Waals surface area contributed by atoms with Crippen LogP contribution in [0.1, 0.15) is 16.8 Å². The van der Waals surface area contributed by atoms with E-state index >= 15 is 0 Å². The molecule has 1 unspecified atom stereocenters. The first-order chi connectivity index (χ1) is 18.5. The van der Waals surface area contributed by atoms with Crippen molar-refractivity contribution in [2.45, 2.75) is 5.60 Å². The van der Waals surface area contributed by atoms with E-state index in [1.54, 1.807) is 24.9 Å². The lowest BCUT2D eigenvalue weighted by atomic mass is 9.83. The quantitative estimate of drug-likeness (QED) is 0.359. The Morgan fingerprint density at radius 1 is 0.868 bits per heavy atom. The maximum Gasteiger partial charge on any atom is 0.157 e. The third-order valence-electron chi connectivity index (χ3n) is 7.47. The van der Waals surface area contributed by atoms with Crippen molar-refractivity contribution in [2.75, 3.05) is 38.1 Å². The van der Waals surface area contributed by atoms with Crippen molar-refractivity contribution >= 4 is 28.3 Å². The molecule has 0 spiro atoms. The van der Waals surface area contributed by atoms with Gasteiger partial charge in [0.1, 0.15) is 5.82 Å². The number of benzene rings is 2. The van der Waals surface area contributed by atoms with Crippen LogP contribution in [0.2, 0.25) is 5.02 Å². The molecule has 0 amide bonds. The van der Waals surface area contributed by atoms with Crippen molar-refractivity contribution in [3.05, 3.63) is 107 Å². The summed E-state index contributed by atoms with van der Waals surface area (Å²) in [4.78, 5) is 18.2. The summed E-state index contributed by atoms with van der Waals surface area (Å²) in [6.45, 7) is 3.69. The summed E-state index contributed by atoms with van der Waals surface area (Å²) in [5.74, 6) is 0.894. The van der Waals surface area contributed by atoms with Crippen molar-refractivity contribution in [3.8, 4) is 11.1 Å². The second-order valence-corrected chi connectivity index (χ2v) is 10.2. The topological polar surface area (TPSA) is 70.3 Å². The number of imidazole rings is 1. The lowest BCUT2D eigenvalue weighted by Gasteiger charge is -2.35. The molecule has 0 aliphatic carbocycles. The number of likely N-dealkylation sites (N-methyl/N-ethyl adjacent to an activating group) is 1. The number of halogens is 1. The smallest absolute Gasteiger partial charge is 0.157 e. The number of pyridine rings is 2. The predicted molar refractivity (Wildman–Crippen MR) is 151 cm³/mol. The normalized spacial score (nSPS) is 16.1. The minimum atomic E-state index is -1.46. The molecule has 1 fully saturated rings. The van der Waals surface area contributed by atoms with E-state index in [-0.39, 0.29) is 0 Å². The van der Waals surface area contributed by atoms with Gasteiger partial charge in [-0.2, -0.15) is 0 Å². The van der Waals surface area contributed by atoms with Gasteiger partial charge < -0.3 is 19.5 Å². The molecule has 38 heavy (non-hydrogen) atoms. The fourth-order valence-corrected chi connectivity index (χ4v) is 5.65. The van der Waals surface area contributed by atoms with E-state index in [9.17, 15) is 5.11 Å². The van der Waals surface area contributed by atoms with E-state index in [1.165, 1.54) is 0 Å². The highest BCUT2D eigenvalue weighted by molar-refractivity contribution is 6.38. The van der Waals surface area contributed by atoms with E-state index in [4.69, 9.17) is 16.6 Å². The Balaban J connectivity index is 1.58. The van der Waals surface area contributed by atoms with Crippen LogP contribution in [-0.2, 0) is 12.6 Å². The lowest BCUT2D eigenvalue weighted by Crippen LogP contribution is -2.45. The van der Waals surface area contributed by atoms with Crippen LogP contribution in [0.5, 0.6) is 0 Å². The summed E-state index contributed by atoms with van der Waals surface area (Å²) in [6, 6.07) is 19.7. The number of aryl methyl sites for hydroxylation is 1. The van der Waals surface area contributed by atoms with E-state index in [0.29, 0.717) is 21.8 Å². The number of aliphatic hydroxyl groups is 1. The van der Waals surface area contributed by atoms with Crippen molar-refractivity contribution in [1.29, 1.82) is 0 Å². The first-order valence-electron chi connectivity index (χ1n) is 12.7. The summed E-state index contributed by atoms with van der Waals surface area (Å²) in [7, 11) is 4.02. The Labute approximate surface area is 227 Å². The molecule has 0 radical (unpaired) electrons. The molecule has 4 heterocycles. The van der Waals surface area contributed by atoms with Crippen molar-refractivity contribution < 1.29 is 5.11 Å². The van der Waals surface area contributed by atoms with Gasteiger partial charge in [0.05, 0.1) is 28.8 Å². The molecule has 8 heteroatoms. The van der Waals surface area contributed by atoms with Crippen LogP contribution < -0.4 is 4.90 Å². The van der Waals surface area contributed by atoms with Gasteiger partial charge in [0.25, 0.3) is 0 Å². The maximum atomic E-state index is 12.4. The van der Waals surface area contributed by atoms with E-state index in [2.05, 4.69) is 38.9 Å². The molecule has 2 aromatic carbocycles. The average Bonchev–Trinajstić information content (AvgIpc) is 3.40. The third-order valence-corrected chi connectivity index (χ3v) is 7.86. The van der Waals surface area contributed by atoms with Gasteiger partial charge in [-0.25, -0.2) is 9.97 Å². The van der Waals surface area contributed by atoms with Gasteiger partial charge in [-0.1, -0.05) is 48.0 Å². The molecule has 7 nitrogen and oxygen atoms in total. The minimum absolute atomic E-state index is 0.624. The number of aromatic nitrogens is 4. The number of fused-ring (bicyclic) bond motifs is 1. The van der Waals surface area contributed by atoms with Crippen LogP contribution in [0, 0.1) is 0 Å². The molecule has 3 aromatic heterocycles. The Morgan fingerprint density at radius 3 is 2.29 bits per heavy atom. The molecular weight excluding hydrogens is 496 g/mol. The van der Waals surface area contributed by atoms with Crippen LogP contribution >= 0.6 is 11.6 Å². The number of piperazine rings is 1. The van der Waals surface area contributed by atoms with Crippen molar-refractivity contribution in [3.63, 3.8) is 0 Å².